The minimum absolute atomic E-state index is 0.155. The molecule has 0 saturated carbocycles. The van der Waals surface area contributed by atoms with Gasteiger partial charge >= 0.3 is 0 Å². The zero-order chi connectivity index (χ0) is 11.4. The Kier molecular flexibility index (Phi) is 2.09. The average Bonchev–Trinajstić information content (AvgIpc) is 2.30. The first-order valence-corrected chi connectivity index (χ1v) is 6.31. The Morgan fingerprint density at radius 2 is 1.81 bits per heavy atom. The molecule has 0 aromatic heterocycles. The fourth-order valence-corrected chi connectivity index (χ4v) is 2.91. The van der Waals surface area contributed by atoms with E-state index in [0.717, 1.165) is 0 Å². The van der Waals surface area contributed by atoms with Crippen molar-refractivity contribution in [3.63, 3.8) is 0 Å². The van der Waals surface area contributed by atoms with E-state index in [2.05, 4.69) is 47.1 Å². The van der Waals surface area contributed by atoms with Gasteiger partial charge in [0.05, 0.1) is 4.83 Å². The lowest BCUT2D eigenvalue weighted by Crippen LogP contribution is -2.49. The molecule has 0 spiro atoms. The van der Waals surface area contributed by atoms with Crippen molar-refractivity contribution in [3.05, 3.63) is 47.5 Å². The van der Waals surface area contributed by atoms with Crippen LogP contribution >= 0.6 is 15.9 Å². The number of alkyl halides is 1. The van der Waals surface area contributed by atoms with Crippen molar-refractivity contribution < 1.29 is 9.78 Å². The van der Waals surface area contributed by atoms with Gasteiger partial charge < -0.3 is 0 Å². The number of benzene rings is 1. The van der Waals surface area contributed by atoms with Gasteiger partial charge in [-0.2, -0.15) is 0 Å². The third-order valence-corrected chi connectivity index (χ3v) is 4.16. The summed E-state index contributed by atoms with van der Waals surface area (Å²) >= 11 is 3.61. The van der Waals surface area contributed by atoms with Crippen molar-refractivity contribution in [2.24, 2.45) is 0 Å². The van der Waals surface area contributed by atoms with E-state index in [0.29, 0.717) is 0 Å². The van der Waals surface area contributed by atoms with Crippen molar-refractivity contribution in [2.75, 3.05) is 0 Å². The number of rotatable bonds is 1. The number of fused-ring (bicyclic) bond motifs is 1. The first-order valence-electron chi connectivity index (χ1n) is 5.40. The highest BCUT2D eigenvalue weighted by Crippen LogP contribution is 2.51. The fraction of sp³-hybridized carbons (Fsp3) is 0.385. The quantitative estimate of drug-likeness (QED) is 0.446. The van der Waals surface area contributed by atoms with Crippen LogP contribution in [0.4, 0.5) is 0 Å². The van der Waals surface area contributed by atoms with Gasteiger partial charge in [0.25, 0.3) is 0 Å². The maximum absolute atomic E-state index is 5.62. The molecule has 3 aliphatic rings. The van der Waals surface area contributed by atoms with Gasteiger partial charge in [-0.05, 0) is 37.1 Å². The molecular weight excluding hydrogens is 268 g/mol. The highest BCUT2D eigenvalue weighted by Gasteiger charge is 2.51. The van der Waals surface area contributed by atoms with Crippen LogP contribution in [-0.2, 0) is 21.0 Å². The summed E-state index contributed by atoms with van der Waals surface area (Å²) in [5, 5.41) is 0. The van der Waals surface area contributed by atoms with Crippen LogP contribution in [0.15, 0.2) is 36.4 Å². The van der Waals surface area contributed by atoms with Crippen LogP contribution in [0.2, 0.25) is 0 Å². The van der Waals surface area contributed by atoms with Crippen molar-refractivity contribution >= 4 is 15.9 Å². The monoisotopic (exact) mass is 280 g/mol. The largest absolute Gasteiger partial charge is 0.220 e. The molecule has 2 aliphatic heterocycles. The molecule has 2 nitrogen and oxygen atoms in total. The van der Waals surface area contributed by atoms with Crippen molar-refractivity contribution in [2.45, 2.75) is 29.9 Å². The minimum Gasteiger partial charge on any atom is -0.220 e. The first kappa shape index (κ1) is 10.5. The fourth-order valence-electron chi connectivity index (χ4n) is 2.43. The maximum atomic E-state index is 5.62. The van der Waals surface area contributed by atoms with E-state index in [1.165, 1.54) is 11.1 Å². The van der Waals surface area contributed by atoms with E-state index < -0.39 is 11.2 Å². The van der Waals surface area contributed by atoms with Crippen LogP contribution in [-0.4, -0.2) is 4.83 Å². The van der Waals surface area contributed by atoms with Crippen LogP contribution in [0.3, 0.4) is 0 Å². The van der Waals surface area contributed by atoms with Gasteiger partial charge in [0.1, 0.15) is 5.60 Å². The first-order chi connectivity index (χ1) is 7.58. The summed E-state index contributed by atoms with van der Waals surface area (Å²) < 4.78 is 0. The molecule has 1 aliphatic carbocycles. The predicted octanol–water partition coefficient (Wildman–Crippen LogP) is 3.41. The normalized spacial score (nSPS) is 37.2. The molecule has 0 saturated heterocycles. The maximum Gasteiger partial charge on any atom is 0.159 e. The Labute approximate surface area is 103 Å². The number of halogens is 1. The van der Waals surface area contributed by atoms with E-state index in [9.17, 15) is 0 Å². The lowest BCUT2D eigenvalue weighted by Gasteiger charge is -2.48. The SMILES string of the molecule is C[C@@H](Br)[C@]12C=C[C@](C)(OO1)c1ccccc12. The van der Waals surface area contributed by atoms with Gasteiger partial charge in [0.15, 0.2) is 5.60 Å². The molecule has 0 N–H and O–H groups in total. The van der Waals surface area contributed by atoms with Crippen LogP contribution in [0.1, 0.15) is 25.0 Å². The van der Waals surface area contributed by atoms with Crippen molar-refractivity contribution in [1.82, 2.24) is 0 Å². The minimum atomic E-state index is -0.492. The van der Waals surface area contributed by atoms with Crippen LogP contribution in [0, 0.1) is 0 Å². The second-order valence-electron chi connectivity index (χ2n) is 4.56. The second-order valence-corrected chi connectivity index (χ2v) is 5.94. The number of hydrogen-bond donors (Lipinski definition) is 0. The molecular formula is C13H13BrO2. The Morgan fingerprint density at radius 1 is 1.12 bits per heavy atom. The Bertz CT molecular complexity index is 469. The highest BCUT2D eigenvalue weighted by molar-refractivity contribution is 9.09. The molecule has 3 atom stereocenters. The van der Waals surface area contributed by atoms with Gasteiger partial charge in [-0.15, -0.1) is 0 Å². The molecule has 1 aromatic carbocycles. The molecule has 0 amide bonds. The summed E-state index contributed by atoms with van der Waals surface area (Å²) in [4.78, 5) is 11.3. The molecule has 4 rings (SSSR count). The lowest BCUT2D eigenvalue weighted by molar-refractivity contribution is -0.418. The van der Waals surface area contributed by atoms with Crippen molar-refractivity contribution in [1.29, 1.82) is 0 Å². The summed E-state index contributed by atoms with van der Waals surface area (Å²) in [6.45, 7) is 4.09. The van der Waals surface area contributed by atoms with E-state index >= 15 is 0 Å². The smallest absolute Gasteiger partial charge is 0.159 e. The third kappa shape index (κ3) is 1.14. The van der Waals surface area contributed by atoms with Crippen LogP contribution < -0.4 is 0 Å². The molecule has 0 unspecified atom stereocenters. The van der Waals surface area contributed by atoms with Gasteiger partial charge in [0, 0.05) is 0 Å². The number of hydrogen-bond acceptors (Lipinski definition) is 2. The molecule has 84 valence electrons. The molecule has 2 heterocycles. The van der Waals surface area contributed by atoms with Gasteiger partial charge in [-0.1, -0.05) is 40.2 Å². The zero-order valence-electron chi connectivity index (χ0n) is 9.24. The summed E-state index contributed by atoms with van der Waals surface area (Å²) in [5.74, 6) is 0. The van der Waals surface area contributed by atoms with E-state index in [4.69, 9.17) is 9.78 Å². The average molecular weight is 281 g/mol. The molecule has 0 fully saturated rings. The zero-order valence-corrected chi connectivity index (χ0v) is 10.8. The summed E-state index contributed by atoms with van der Waals surface area (Å²) in [7, 11) is 0. The summed E-state index contributed by atoms with van der Waals surface area (Å²) in [6.07, 6.45) is 4.18. The van der Waals surface area contributed by atoms with Gasteiger partial charge in [-0.25, -0.2) is 9.78 Å². The predicted molar refractivity (Wildman–Crippen MR) is 65.2 cm³/mol. The standard InChI is InChI=1S/C13H13BrO2/c1-9(14)13-8-7-12(2,15-16-13)10-5-3-4-6-11(10)13/h3-9H,1-2H3/t9-,12+,13+/m1/s1. The van der Waals surface area contributed by atoms with E-state index in [1.807, 2.05) is 19.1 Å². The van der Waals surface area contributed by atoms with Crippen LogP contribution in [0.5, 0.6) is 0 Å². The molecule has 0 radical (unpaired) electrons. The van der Waals surface area contributed by atoms with E-state index in [-0.39, 0.29) is 4.83 Å². The second kappa shape index (κ2) is 3.19. The summed E-state index contributed by atoms with van der Waals surface area (Å²) in [6, 6.07) is 8.29. The van der Waals surface area contributed by atoms with Gasteiger partial charge in [-0.3, -0.25) is 0 Å². The van der Waals surface area contributed by atoms with Gasteiger partial charge in [0.2, 0.25) is 0 Å². The molecule has 1 aromatic rings. The molecule has 2 bridgehead atoms. The highest BCUT2D eigenvalue weighted by atomic mass is 79.9. The Hall–Kier alpha value is -0.640. The Balaban J connectivity index is 2.29. The molecule has 16 heavy (non-hydrogen) atoms. The van der Waals surface area contributed by atoms with Crippen molar-refractivity contribution in [3.8, 4) is 0 Å². The third-order valence-electron chi connectivity index (χ3n) is 3.48. The summed E-state index contributed by atoms with van der Waals surface area (Å²) in [5.41, 5.74) is 1.44. The van der Waals surface area contributed by atoms with Crippen LogP contribution in [0.25, 0.3) is 0 Å². The molecule has 3 heteroatoms. The Morgan fingerprint density at radius 3 is 2.38 bits per heavy atom. The van der Waals surface area contributed by atoms with E-state index in [1.54, 1.807) is 0 Å². The topological polar surface area (TPSA) is 18.5 Å². The lowest BCUT2D eigenvalue weighted by atomic mass is 9.75.